The molecule has 0 radical (unpaired) electrons. The van der Waals surface area contributed by atoms with Crippen LogP contribution in [0.5, 0.6) is 0 Å². The second-order valence-electron chi connectivity index (χ2n) is 6.90. The maximum Gasteiger partial charge on any atom is 0.246 e. The van der Waals surface area contributed by atoms with Gasteiger partial charge in [-0.25, -0.2) is 8.42 Å². The topological polar surface area (TPSA) is 96.9 Å². The molecule has 1 saturated heterocycles. The van der Waals surface area contributed by atoms with Gasteiger partial charge in [0.15, 0.2) is 11.5 Å². The molecule has 0 amide bonds. The van der Waals surface area contributed by atoms with Crippen LogP contribution in [0.4, 0.5) is 5.69 Å². The monoisotopic (exact) mass is 415 g/mol. The molecule has 2 aromatic heterocycles. The first-order chi connectivity index (χ1) is 13.9. The smallest absolute Gasteiger partial charge is 0.246 e. The van der Waals surface area contributed by atoms with E-state index in [1.807, 2.05) is 12.1 Å². The molecule has 0 aliphatic carbocycles. The molecular formula is C20H21N3O5S. The summed E-state index contributed by atoms with van der Waals surface area (Å²) in [7, 11) is -3.68. The van der Waals surface area contributed by atoms with Crippen LogP contribution in [-0.4, -0.2) is 49.8 Å². The van der Waals surface area contributed by atoms with Gasteiger partial charge in [-0.2, -0.15) is 4.31 Å². The molecule has 0 atom stereocenters. The van der Waals surface area contributed by atoms with Crippen molar-refractivity contribution in [2.24, 2.45) is 0 Å². The van der Waals surface area contributed by atoms with Crippen molar-refractivity contribution in [3.63, 3.8) is 0 Å². The Hall–Kier alpha value is -2.91. The summed E-state index contributed by atoms with van der Waals surface area (Å²) in [6, 6.07) is 10.5. The van der Waals surface area contributed by atoms with Crippen molar-refractivity contribution < 1.29 is 22.2 Å². The highest BCUT2D eigenvalue weighted by Crippen LogP contribution is 2.30. The van der Waals surface area contributed by atoms with Crippen LogP contribution in [-0.2, 0) is 10.0 Å². The standard InChI is InChI=1S/C20H21N3O5S/c1-14(24)16-3-5-17(6-4-16)22-9-11-23(12-10-22)29(25,26)20-13-19(27-15(20)2)18-7-8-21-28-18/h3-8,13H,9-12H2,1-2H3. The van der Waals surface area contributed by atoms with Crippen molar-refractivity contribution in [2.75, 3.05) is 31.1 Å². The van der Waals surface area contributed by atoms with Crippen molar-refractivity contribution in [3.8, 4) is 11.5 Å². The number of piperazine rings is 1. The van der Waals surface area contributed by atoms with Crippen LogP contribution in [0.25, 0.3) is 11.5 Å². The third-order valence-electron chi connectivity index (χ3n) is 5.05. The zero-order chi connectivity index (χ0) is 20.6. The number of anilines is 1. The number of sulfonamides is 1. The summed E-state index contributed by atoms with van der Waals surface area (Å²) in [5, 5.41) is 3.62. The molecule has 3 aromatic rings. The number of Topliss-reactive ketones (excluding diaryl/α,β-unsaturated/α-hetero) is 1. The quantitative estimate of drug-likeness (QED) is 0.591. The van der Waals surface area contributed by atoms with E-state index in [0.29, 0.717) is 49.0 Å². The van der Waals surface area contributed by atoms with Gasteiger partial charge in [-0.15, -0.1) is 0 Å². The van der Waals surface area contributed by atoms with Gasteiger partial charge in [-0.05, 0) is 38.1 Å². The van der Waals surface area contributed by atoms with Crippen molar-refractivity contribution in [2.45, 2.75) is 18.7 Å². The van der Waals surface area contributed by atoms with Crippen LogP contribution in [0.2, 0.25) is 0 Å². The first-order valence-corrected chi connectivity index (χ1v) is 10.7. The van der Waals surface area contributed by atoms with E-state index < -0.39 is 10.0 Å². The van der Waals surface area contributed by atoms with Gasteiger partial charge in [0.05, 0.1) is 6.20 Å². The zero-order valence-corrected chi connectivity index (χ0v) is 17.0. The van der Waals surface area contributed by atoms with Crippen molar-refractivity contribution in [3.05, 3.63) is 53.9 Å². The summed E-state index contributed by atoms with van der Waals surface area (Å²) in [5.74, 6) is 1.06. The Bertz CT molecular complexity index is 1110. The molecule has 1 fully saturated rings. The second kappa shape index (κ2) is 7.49. The van der Waals surface area contributed by atoms with Gasteiger partial charge < -0.3 is 13.8 Å². The van der Waals surface area contributed by atoms with Crippen molar-refractivity contribution in [1.82, 2.24) is 9.46 Å². The maximum atomic E-state index is 13.1. The first-order valence-electron chi connectivity index (χ1n) is 9.24. The van der Waals surface area contributed by atoms with Crippen LogP contribution < -0.4 is 4.90 Å². The maximum absolute atomic E-state index is 13.1. The third-order valence-corrected chi connectivity index (χ3v) is 7.05. The number of carbonyl (C=O) groups is 1. The van der Waals surface area contributed by atoms with Gasteiger partial charge in [0.1, 0.15) is 10.7 Å². The van der Waals surface area contributed by atoms with Gasteiger partial charge in [0.25, 0.3) is 0 Å². The Morgan fingerprint density at radius 2 is 1.72 bits per heavy atom. The molecule has 0 spiro atoms. The number of nitrogens with zero attached hydrogens (tertiary/aromatic N) is 3. The summed E-state index contributed by atoms with van der Waals surface area (Å²) in [6.45, 7) is 5.00. The third kappa shape index (κ3) is 3.70. The summed E-state index contributed by atoms with van der Waals surface area (Å²) >= 11 is 0. The second-order valence-corrected chi connectivity index (χ2v) is 8.81. The van der Waals surface area contributed by atoms with Gasteiger partial charge >= 0.3 is 0 Å². The molecular weight excluding hydrogens is 394 g/mol. The fourth-order valence-electron chi connectivity index (χ4n) is 3.42. The number of carbonyl (C=O) groups excluding carboxylic acids is 1. The molecule has 0 saturated carbocycles. The van der Waals surface area contributed by atoms with Gasteiger partial charge in [-0.3, -0.25) is 4.79 Å². The Kier molecular flexibility index (Phi) is 5.01. The number of hydrogen-bond donors (Lipinski definition) is 0. The Morgan fingerprint density at radius 3 is 2.31 bits per heavy atom. The number of ketones is 1. The van der Waals surface area contributed by atoms with E-state index in [1.54, 1.807) is 25.1 Å². The minimum Gasteiger partial charge on any atom is -0.457 e. The zero-order valence-electron chi connectivity index (χ0n) is 16.2. The lowest BCUT2D eigenvalue weighted by Gasteiger charge is -2.35. The largest absolute Gasteiger partial charge is 0.457 e. The average molecular weight is 415 g/mol. The fraction of sp³-hybridized carbons (Fsp3) is 0.300. The molecule has 3 heterocycles. The lowest BCUT2D eigenvalue weighted by molar-refractivity contribution is 0.101. The molecule has 1 aliphatic rings. The van der Waals surface area contributed by atoms with Gasteiger partial charge in [-0.1, -0.05) is 5.16 Å². The number of aryl methyl sites for hydroxylation is 1. The molecule has 29 heavy (non-hydrogen) atoms. The van der Waals surface area contributed by atoms with E-state index in [9.17, 15) is 13.2 Å². The number of hydrogen-bond acceptors (Lipinski definition) is 7. The summed E-state index contributed by atoms with van der Waals surface area (Å²) < 4.78 is 38.3. The number of aromatic nitrogens is 1. The summed E-state index contributed by atoms with van der Waals surface area (Å²) in [4.78, 5) is 13.7. The first kappa shape index (κ1) is 19.4. The molecule has 152 valence electrons. The van der Waals surface area contributed by atoms with Crippen LogP contribution >= 0.6 is 0 Å². The predicted octanol–water partition coefficient (Wildman–Crippen LogP) is 2.96. The lowest BCUT2D eigenvalue weighted by Crippen LogP contribution is -2.48. The molecule has 1 aromatic carbocycles. The average Bonchev–Trinajstić information content (AvgIpc) is 3.38. The van der Waals surface area contributed by atoms with E-state index in [0.717, 1.165) is 5.69 Å². The molecule has 0 bridgehead atoms. The molecule has 4 rings (SSSR count). The summed E-state index contributed by atoms with van der Waals surface area (Å²) in [5.41, 5.74) is 1.63. The Balaban J connectivity index is 1.48. The molecule has 0 unspecified atom stereocenters. The van der Waals surface area contributed by atoms with E-state index >= 15 is 0 Å². The molecule has 8 nitrogen and oxygen atoms in total. The number of rotatable bonds is 5. The molecule has 1 aliphatic heterocycles. The van der Waals surface area contributed by atoms with E-state index in [1.165, 1.54) is 23.5 Å². The fourth-order valence-corrected chi connectivity index (χ4v) is 5.00. The van der Waals surface area contributed by atoms with Crippen LogP contribution in [0.15, 0.2) is 56.4 Å². The molecule has 9 heteroatoms. The number of furan rings is 1. The highest BCUT2D eigenvalue weighted by Gasteiger charge is 2.32. The predicted molar refractivity (Wildman–Crippen MR) is 106 cm³/mol. The van der Waals surface area contributed by atoms with E-state index in [4.69, 9.17) is 8.94 Å². The van der Waals surface area contributed by atoms with Crippen LogP contribution in [0.3, 0.4) is 0 Å². The Morgan fingerprint density at radius 1 is 1.03 bits per heavy atom. The minimum absolute atomic E-state index is 0.0210. The normalized spacial score (nSPS) is 15.6. The SMILES string of the molecule is CC(=O)c1ccc(N2CCN(S(=O)(=O)c3cc(-c4ccno4)oc3C)CC2)cc1. The van der Waals surface area contributed by atoms with Crippen molar-refractivity contribution in [1.29, 1.82) is 0 Å². The Labute approximate surface area is 168 Å². The highest BCUT2D eigenvalue weighted by molar-refractivity contribution is 7.89. The lowest BCUT2D eigenvalue weighted by atomic mass is 10.1. The highest BCUT2D eigenvalue weighted by atomic mass is 32.2. The van der Waals surface area contributed by atoms with Gasteiger partial charge in [0, 0.05) is 49.6 Å². The van der Waals surface area contributed by atoms with Crippen LogP contribution in [0.1, 0.15) is 23.0 Å². The minimum atomic E-state index is -3.68. The van der Waals surface area contributed by atoms with Gasteiger partial charge in [0.2, 0.25) is 15.8 Å². The van der Waals surface area contributed by atoms with E-state index in [2.05, 4.69) is 10.1 Å². The van der Waals surface area contributed by atoms with E-state index in [-0.39, 0.29) is 10.7 Å². The number of benzene rings is 1. The molecule has 0 N–H and O–H groups in total. The van der Waals surface area contributed by atoms with Crippen molar-refractivity contribution >= 4 is 21.5 Å². The van der Waals surface area contributed by atoms with Crippen LogP contribution in [0, 0.1) is 6.92 Å². The summed E-state index contributed by atoms with van der Waals surface area (Å²) in [6.07, 6.45) is 1.48.